The van der Waals surface area contributed by atoms with Crippen LogP contribution >= 0.6 is 0 Å². The number of carbonyl (C=O) groups excluding carboxylic acids is 3. The van der Waals surface area contributed by atoms with Gasteiger partial charge in [-0.3, -0.25) is 15.4 Å². The van der Waals surface area contributed by atoms with Gasteiger partial charge >= 0.3 is 17.7 Å². The molecule has 2 atom stereocenters. The van der Waals surface area contributed by atoms with E-state index in [9.17, 15) is 18.8 Å². The highest BCUT2D eigenvalue weighted by molar-refractivity contribution is 6.14. The van der Waals surface area contributed by atoms with Gasteiger partial charge in [-0.1, -0.05) is 19.0 Å². The largest absolute Gasteiger partial charge is 0.463 e. The summed E-state index contributed by atoms with van der Waals surface area (Å²) in [6.07, 6.45) is 0.475. The molecule has 0 saturated carbocycles. The summed E-state index contributed by atoms with van der Waals surface area (Å²) in [5, 5.41) is 7.05. The Balaban J connectivity index is 2.15. The van der Waals surface area contributed by atoms with E-state index in [1.165, 1.54) is 6.26 Å². The van der Waals surface area contributed by atoms with E-state index in [4.69, 9.17) is 14.0 Å². The second kappa shape index (κ2) is 7.11. The summed E-state index contributed by atoms with van der Waals surface area (Å²) in [4.78, 5) is 39.9. The summed E-state index contributed by atoms with van der Waals surface area (Å²) in [7, 11) is 0. The van der Waals surface area contributed by atoms with Gasteiger partial charge in [0.05, 0.1) is 12.9 Å². The number of urea groups is 1. The van der Waals surface area contributed by atoms with Crippen molar-refractivity contribution in [2.75, 3.05) is 6.61 Å². The molecule has 2 rings (SSSR count). The highest BCUT2D eigenvalue weighted by atomic mass is 19.1. The molecule has 0 aromatic carbocycles. The quantitative estimate of drug-likeness (QED) is 0.340. The van der Waals surface area contributed by atoms with E-state index in [-0.39, 0.29) is 18.3 Å². The van der Waals surface area contributed by atoms with Crippen molar-refractivity contribution < 1.29 is 32.8 Å². The number of oxime groups is 1. The zero-order chi connectivity index (χ0) is 17.7. The molecule has 0 bridgehead atoms. The van der Waals surface area contributed by atoms with Crippen molar-refractivity contribution in [3.8, 4) is 0 Å². The maximum atomic E-state index is 15.0. The lowest BCUT2D eigenvalue weighted by atomic mass is 10.0. The molecule has 0 aliphatic carbocycles. The number of amides is 3. The zero-order valence-electron chi connectivity index (χ0n) is 12.9. The molecule has 130 valence electrons. The monoisotopic (exact) mass is 341 g/mol. The first-order valence-corrected chi connectivity index (χ1v) is 7.04. The normalized spacial score (nSPS) is 23.9. The Bertz CT molecular complexity index is 645. The number of nitrogens with zero attached hydrogens (tertiary/aromatic N) is 1. The molecule has 1 aromatic rings. The number of ether oxygens (including phenoxy) is 1. The Kier molecular flexibility index (Phi) is 5.17. The van der Waals surface area contributed by atoms with Crippen LogP contribution in [0, 0.1) is 5.92 Å². The molecule has 1 fully saturated rings. The predicted molar refractivity (Wildman–Crippen MR) is 77.5 cm³/mol. The highest BCUT2D eigenvalue weighted by Crippen LogP contribution is 2.24. The number of carbonyl (C=O) groups is 3. The van der Waals surface area contributed by atoms with Crippen LogP contribution in [0.3, 0.4) is 0 Å². The summed E-state index contributed by atoms with van der Waals surface area (Å²) < 4.78 is 24.7. The van der Waals surface area contributed by atoms with E-state index < -0.39 is 29.8 Å². The Morgan fingerprint density at radius 3 is 2.92 bits per heavy atom. The number of rotatable bonds is 6. The molecule has 2 heterocycles. The average molecular weight is 341 g/mol. The van der Waals surface area contributed by atoms with Crippen molar-refractivity contribution in [3.63, 3.8) is 0 Å². The van der Waals surface area contributed by atoms with Crippen molar-refractivity contribution in [1.82, 2.24) is 10.6 Å². The predicted octanol–water partition coefficient (Wildman–Crippen LogP) is 0.703. The first kappa shape index (κ1) is 17.4. The van der Waals surface area contributed by atoms with Gasteiger partial charge in [0.25, 0.3) is 12.1 Å². The highest BCUT2D eigenvalue weighted by Gasteiger charge is 2.61. The molecule has 9 nitrogen and oxygen atoms in total. The van der Waals surface area contributed by atoms with Crippen LogP contribution in [-0.4, -0.2) is 42.6 Å². The van der Waals surface area contributed by atoms with Gasteiger partial charge < -0.3 is 14.0 Å². The topological polar surface area (TPSA) is 119 Å². The number of esters is 1. The molecule has 1 aliphatic rings. The van der Waals surface area contributed by atoms with Gasteiger partial charge in [-0.05, 0) is 18.1 Å². The van der Waals surface area contributed by atoms with Crippen molar-refractivity contribution >= 4 is 24.1 Å². The standard InChI is InChI=1S/C14H16FN3O6/c1-8(2)7-23-12(20)14(15)10(19)17-13(21)18-11(14)24-16-6-9-4-3-5-22-9/h3-6,8,11H,7H2,1-2H3,(H2,17,18,19,21)/b16-6-. The number of alkyl halides is 1. The number of imide groups is 1. The van der Waals surface area contributed by atoms with Crippen LogP contribution < -0.4 is 10.6 Å². The second-order valence-electron chi connectivity index (χ2n) is 5.37. The maximum Gasteiger partial charge on any atom is 0.360 e. The van der Waals surface area contributed by atoms with E-state index >= 15 is 0 Å². The summed E-state index contributed by atoms with van der Waals surface area (Å²) in [6, 6.07) is 2.10. The minimum Gasteiger partial charge on any atom is -0.463 e. The first-order chi connectivity index (χ1) is 11.3. The lowest BCUT2D eigenvalue weighted by molar-refractivity contribution is -0.180. The molecule has 1 saturated heterocycles. The van der Waals surface area contributed by atoms with E-state index in [0.29, 0.717) is 0 Å². The van der Waals surface area contributed by atoms with Crippen molar-refractivity contribution in [3.05, 3.63) is 24.2 Å². The van der Waals surface area contributed by atoms with E-state index in [0.717, 1.165) is 6.21 Å². The second-order valence-corrected chi connectivity index (χ2v) is 5.37. The van der Waals surface area contributed by atoms with Crippen LogP contribution in [0.4, 0.5) is 9.18 Å². The fraction of sp³-hybridized carbons (Fsp3) is 0.429. The van der Waals surface area contributed by atoms with Crippen LogP contribution in [-0.2, 0) is 19.2 Å². The third kappa shape index (κ3) is 3.70. The molecule has 0 spiro atoms. The minimum absolute atomic E-state index is 0.0739. The van der Waals surface area contributed by atoms with Crippen LogP contribution in [0.15, 0.2) is 28.0 Å². The van der Waals surface area contributed by atoms with Gasteiger partial charge in [0.15, 0.2) is 0 Å². The van der Waals surface area contributed by atoms with Crippen molar-refractivity contribution in [1.29, 1.82) is 0 Å². The van der Waals surface area contributed by atoms with E-state index in [1.54, 1.807) is 31.3 Å². The van der Waals surface area contributed by atoms with Crippen LogP contribution in [0.1, 0.15) is 19.6 Å². The molecule has 2 unspecified atom stereocenters. The third-order valence-corrected chi connectivity index (χ3v) is 2.92. The van der Waals surface area contributed by atoms with Gasteiger partial charge in [0.2, 0.25) is 0 Å². The summed E-state index contributed by atoms with van der Waals surface area (Å²) >= 11 is 0. The number of hydrogen-bond acceptors (Lipinski definition) is 7. The smallest absolute Gasteiger partial charge is 0.360 e. The fourth-order valence-electron chi connectivity index (χ4n) is 1.72. The Morgan fingerprint density at radius 2 is 2.29 bits per heavy atom. The molecule has 3 amide bonds. The Hall–Kier alpha value is -2.91. The van der Waals surface area contributed by atoms with Gasteiger partial charge in [-0.15, -0.1) is 0 Å². The molecule has 0 radical (unpaired) electrons. The number of furan rings is 1. The van der Waals surface area contributed by atoms with Gasteiger partial charge in [-0.25, -0.2) is 14.0 Å². The van der Waals surface area contributed by atoms with Crippen molar-refractivity contribution in [2.45, 2.75) is 25.7 Å². The first-order valence-electron chi connectivity index (χ1n) is 7.04. The summed E-state index contributed by atoms with van der Waals surface area (Å²) in [5.41, 5.74) is -3.27. The van der Waals surface area contributed by atoms with E-state index in [2.05, 4.69) is 5.16 Å². The molecular formula is C14H16FN3O6. The van der Waals surface area contributed by atoms with Crippen LogP contribution in [0.25, 0.3) is 0 Å². The third-order valence-electron chi connectivity index (χ3n) is 2.92. The van der Waals surface area contributed by atoms with E-state index in [1.807, 2.05) is 5.32 Å². The molecule has 10 heteroatoms. The number of halogens is 1. The summed E-state index contributed by atoms with van der Waals surface area (Å²) in [6.45, 7) is 3.37. The fourth-order valence-corrected chi connectivity index (χ4v) is 1.72. The van der Waals surface area contributed by atoms with Gasteiger partial charge in [-0.2, -0.15) is 0 Å². The molecular weight excluding hydrogens is 325 g/mol. The summed E-state index contributed by atoms with van der Waals surface area (Å²) in [5.74, 6) is -2.76. The number of nitrogens with one attached hydrogen (secondary N) is 2. The van der Waals surface area contributed by atoms with Crippen LogP contribution in [0.5, 0.6) is 0 Å². The van der Waals surface area contributed by atoms with Crippen molar-refractivity contribution in [2.24, 2.45) is 11.1 Å². The lowest BCUT2D eigenvalue weighted by Gasteiger charge is -2.32. The average Bonchev–Trinajstić information content (AvgIpc) is 3.02. The molecule has 2 N–H and O–H groups in total. The van der Waals surface area contributed by atoms with Crippen LogP contribution in [0.2, 0.25) is 0 Å². The maximum absolute atomic E-state index is 15.0. The Labute approximate surface area is 136 Å². The van der Waals surface area contributed by atoms with Gasteiger partial charge in [0, 0.05) is 0 Å². The lowest BCUT2D eigenvalue weighted by Crippen LogP contribution is -2.70. The minimum atomic E-state index is -3.27. The molecule has 1 aromatic heterocycles. The Morgan fingerprint density at radius 1 is 1.54 bits per heavy atom. The molecule has 24 heavy (non-hydrogen) atoms. The molecule has 1 aliphatic heterocycles. The zero-order valence-corrected chi connectivity index (χ0v) is 12.9. The number of hydrogen-bond donors (Lipinski definition) is 2. The van der Waals surface area contributed by atoms with Gasteiger partial charge in [0.1, 0.15) is 12.0 Å². The SMILES string of the molecule is CC(C)COC(=O)C1(F)C(=O)NC(=O)NC1O/N=C\c1ccco1.